The van der Waals surface area contributed by atoms with Gasteiger partial charge in [0.15, 0.2) is 0 Å². The molecule has 0 unspecified atom stereocenters. The number of hydrogen-bond donors (Lipinski definition) is 2. The Balaban J connectivity index is 1.47. The number of rotatable bonds is 5. The predicted octanol–water partition coefficient (Wildman–Crippen LogP) is 5.42. The van der Waals surface area contributed by atoms with Gasteiger partial charge in [-0.05, 0) is 91.5 Å². The second-order valence-electron chi connectivity index (χ2n) is 8.91. The molecule has 0 saturated heterocycles. The zero-order valence-electron chi connectivity index (χ0n) is 16.1. The molecule has 0 spiro atoms. The maximum Gasteiger partial charge on any atom is 0.336 e. The molecule has 0 amide bonds. The fraction of sp³-hybridized carbons (Fsp3) is 0.417. The van der Waals surface area contributed by atoms with Crippen molar-refractivity contribution in [1.82, 2.24) is 0 Å². The van der Waals surface area contributed by atoms with Gasteiger partial charge in [-0.15, -0.1) is 0 Å². The molecule has 0 heterocycles. The van der Waals surface area contributed by atoms with E-state index in [0.717, 1.165) is 17.6 Å². The molecule has 5 heteroatoms. The van der Waals surface area contributed by atoms with Crippen molar-refractivity contribution in [1.29, 1.82) is 0 Å². The molecule has 4 aliphatic rings. The molecule has 0 atom stereocenters. The molecule has 0 aromatic heterocycles. The Labute approximate surface area is 169 Å². The number of ether oxygens (including phenoxy) is 1. The molecule has 0 aliphatic heterocycles. The Kier molecular flexibility index (Phi) is 4.34. The van der Waals surface area contributed by atoms with Crippen molar-refractivity contribution < 1.29 is 24.5 Å². The lowest BCUT2D eigenvalue weighted by Gasteiger charge is -2.54. The van der Waals surface area contributed by atoms with E-state index in [0.29, 0.717) is 23.5 Å². The fourth-order valence-corrected chi connectivity index (χ4v) is 6.36. The number of aromatic carboxylic acids is 2. The van der Waals surface area contributed by atoms with E-state index >= 15 is 0 Å². The van der Waals surface area contributed by atoms with Crippen molar-refractivity contribution in [2.45, 2.75) is 38.0 Å². The van der Waals surface area contributed by atoms with E-state index in [2.05, 4.69) is 6.07 Å². The fourth-order valence-electron chi connectivity index (χ4n) is 6.36. The average Bonchev–Trinajstić information content (AvgIpc) is 2.68. The van der Waals surface area contributed by atoms with Crippen molar-refractivity contribution in [3.63, 3.8) is 0 Å². The van der Waals surface area contributed by atoms with Crippen LogP contribution >= 0.6 is 0 Å². The molecule has 4 fully saturated rings. The van der Waals surface area contributed by atoms with Gasteiger partial charge in [0.05, 0.1) is 11.1 Å². The number of carboxylic acid groups (broad SMARTS) is 2. The lowest BCUT2D eigenvalue weighted by molar-refractivity contribution is -0.00335. The Bertz CT molecular complexity index is 951. The summed E-state index contributed by atoms with van der Waals surface area (Å²) in [7, 11) is 0. The summed E-state index contributed by atoms with van der Waals surface area (Å²) >= 11 is 0. The summed E-state index contributed by atoms with van der Waals surface area (Å²) in [6.07, 6.45) is 6.64. The number of para-hydroxylation sites is 1. The molecule has 5 nitrogen and oxygen atoms in total. The van der Waals surface area contributed by atoms with Gasteiger partial charge in [0.1, 0.15) is 11.5 Å². The normalized spacial score (nSPS) is 29.6. The summed E-state index contributed by atoms with van der Waals surface area (Å²) < 4.78 is 6.14. The second-order valence-corrected chi connectivity index (χ2v) is 8.91. The van der Waals surface area contributed by atoms with Crippen LogP contribution < -0.4 is 4.74 Å². The van der Waals surface area contributed by atoms with Gasteiger partial charge >= 0.3 is 11.9 Å². The van der Waals surface area contributed by atoms with Crippen LogP contribution in [0.2, 0.25) is 0 Å². The van der Waals surface area contributed by atoms with Crippen LogP contribution in [0, 0.1) is 23.7 Å². The molecule has 4 bridgehead atoms. The number of carboxylic acids is 2. The first-order valence-electron chi connectivity index (χ1n) is 10.4. The summed E-state index contributed by atoms with van der Waals surface area (Å²) in [5.41, 5.74) is 0.710. The maximum atomic E-state index is 11.5. The summed E-state index contributed by atoms with van der Waals surface area (Å²) in [4.78, 5) is 22.8. The number of benzene rings is 2. The zero-order valence-corrected chi connectivity index (χ0v) is 16.1. The van der Waals surface area contributed by atoms with Crippen molar-refractivity contribution in [2.24, 2.45) is 23.7 Å². The van der Waals surface area contributed by atoms with Gasteiger partial charge < -0.3 is 14.9 Å². The average molecular weight is 392 g/mol. The highest BCUT2D eigenvalue weighted by Crippen LogP contribution is 2.60. The summed E-state index contributed by atoms with van der Waals surface area (Å²) in [5.74, 6) is 2.27. The highest BCUT2D eigenvalue weighted by Gasteiger charge is 2.49. The Hall–Kier alpha value is -2.82. The van der Waals surface area contributed by atoms with Gasteiger partial charge in [-0.2, -0.15) is 0 Å². The molecule has 0 radical (unpaired) electrons. The van der Waals surface area contributed by atoms with Crippen LogP contribution in [-0.2, 0) is 0 Å². The molecule has 2 aromatic carbocycles. The third-order valence-electron chi connectivity index (χ3n) is 7.18. The third kappa shape index (κ3) is 3.18. The molecule has 4 aliphatic carbocycles. The maximum absolute atomic E-state index is 11.5. The first-order chi connectivity index (χ1) is 14.0. The van der Waals surface area contributed by atoms with Crippen LogP contribution in [0.1, 0.15) is 64.3 Å². The van der Waals surface area contributed by atoms with Gasteiger partial charge in [-0.1, -0.05) is 18.2 Å². The molecule has 29 heavy (non-hydrogen) atoms. The number of hydrogen-bond acceptors (Lipinski definition) is 3. The van der Waals surface area contributed by atoms with Crippen LogP contribution in [0.15, 0.2) is 42.5 Å². The predicted molar refractivity (Wildman–Crippen MR) is 107 cm³/mol. The zero-order chi connectivity index (χ0) is 20.1. The minimum atomic E-state index is -1.28. The standard InChI is InChI=1S/C24H24O5/c25-23(26)18-6-5-17(12-20(18)24(27)28)29-21-4-2-1-3-19(21)22-15-8-13-7-14(10-15)11-16(22)9-13/h1-6,12-16,22H,7-11H2,(H,25,26)(H,27,28). The molecule has 6 rings (SSSR count). The lowest BCUT2D eigenvalue weighted by atomic mass is 9.50. The SMILES string of the molecule is O=C(O)c1ccc(Oc2ccccc2C2C3CC4CC(C3)CC2C4)cc1C(=O)O. The Morgan fingerprint density at radius 3 is 2.03 bits per heavy atom. The molecule has 2 aromatic rings. The van der Waals surface area contributed by atoms with E-state index in [9.17, 15) is 19.8 Å². The van der Waals surface area contributed by atoms with E-state index in [1.54, 1.807) is 0 Å². The van der Waals surface area contributed by atoms with Crippen LogP contribution in [0.4, 0.5) is 0 Å². The number of carbonyl (C=O) groups is 2. The van der Waals surface area contributed by atoms with Gasteiger partial charge in [0.2, 0.25) is 0 Å². The van der Waals surface area contributed by atoms with Crippen LogP contribution in [0.3, 0.4) is 0 Å². The van der Waals surface area contributed by atoms with E-state index in [1.165, 1.54) is 55.9 Å². The van der Waals surface area contributed by atoms with Crippen molar-refractivity contribution in [3.8, 4) is 11.5 Å². The van der Waals surface area contributed by atoms with Crippen LogP contribution in [-0.4, -0.2) is 22.2 Å². The summed E-state index contributed by atoms with van der Waals surface area (Å²) in [6.45, 7) is 0. The second kappa shape index (κ2) is 6.90. The van der Waals surface area contributed by atoms with E-state index < -0.39 is 11.9 Å². The largest absolute Gasteiger partial charge is 0.478 e. The lowest BCUT2D eigenvalue weighted by Crippen LogP contribution is -2.43. The molecular weight excluding hydrogens is 368 g/mol. The smallest absolute Gasteiger partial charge is 0.336 e. The summed E-state index contributed by atoms with van der Waals surface area (Å²) in [5, 5.41) is 18.6. The molecular formula is C24H24O5. The van der Waals surface area contributed by atoms with Crippen molar-refractivity contribution >= 4 is 11.9 Å². The van der Waals surface area contributed by atoms with E-state index in [4.69, 9.17) is 4.74 Å². The minimum absolute atomic E-state index is 0.237. The Morgan fingerprint density at radius 1 is 0.793 bits per heavy atom. The topological polar surface area (TPSA) is 83.8 Å². The van der Waals surface area contributed by atoms with Gasteiger partial charge in [-0.3, -0.25) is 0 Å². The van der Waals surface area contributed by atoms with E-state index in [-0.39, 0.29) is 11.1 Å². The van der Waals surface area contributed by atoms with Crippen molar-refractivity contribution in [2.75, 3.05) is 0 Å². The first kappa shape index (κ1) is 18.2. The van der Waals surface area contributed by atoms with E-state index in [1.807, 2.05) is 18.2 Å². The monoisotopic (exact) mass is 392 g/mol. The van der Waals surface area contributed by atoms with Gasteiger partial charge in [0.25, 0.3) is 0 Å². The summed E-state index contributed by atoms with van der Waals surface area (Å²) in [6, 6.07) is 12.2. The van der Waals surface area contributed by atoms with Gasteiger partial charge in [0, 0.05) is 0 Å². The highest BCUT2D eigenvalue weighted by atomic mass is 16.5. The molecule has 2 N–H and O–H groups in total. The van der Waals surface area contributed by atoms with Crippen LogP contribution in [0.25, 0.3) is 0 Å². The Morgan fingerprint density at radius 2 is 1.41 bits per heavy atom. The van der Waals surface area contributed by atoms with Crippen LogP contribution in [0.5, 0.6) is 11.5 Å². The van der Waals surface area contributed by atoms with Crippen molar-refractivity contribution in [3.05, 3.63) is 59.2 Å². The molecule has 4 saturated carbocycles. The first-order valence-corrected chi connectivity index (χ1v) is 10.4. The third-order valence-corrected chi connectivity index (χ3v) is 7.18. The quantitative estimate of drug-likeness (QED) is 0.710. The molecule has 150 valence electrons. The highest BCUT2D eigenvalue weighted by molar-refractivity contribution is 6.02. The van der Waals surface area contributed by atoms with Gasteiger partial charge in [-0.25, -0.2) is 9.59 Å². The minimum Gasteiger partial charge on any atom is -0.478 e.